The van der Waals surface area contributed by atoms with Crippen LogP contribution in [0.5, 0.6) is 0 Å². The maximum Gasteiger partial charge on any atom is 0.191 e. The van der Waals surface area contributed by atoms with Crippen LogP contribution in [-0.4, -0.2) is 35.3 Å². The molecule has 2 aromatic rings. The van der Waals surface area contributed by atoms with Crippen LogP contribution in [0.3, 0.4) is 0 Å². The number of furan rings is 1. The first-order valence-electron chi connectivity index (χ1n) is 7.14. The smallest absolute Gasteiger partial charge is 0.191 e. The number of hydrogen-bond acceptors (Lipinski definition) is 3. The molecule has 6 nitrogen and oxygen atoms in total. The van der Waals surface area contributed by atoms with Crippen molar-refractivity contribution in [2.45, 2.75) is 19.6 Å². The summed E-state index contributed by atoms with van der Waals surface area (Å²) in [5.74, 6) is 1.22. The Morgan fingerprint density at radius 2 is 2.09 bits per heavy atom. The highest BCUT2D eigenvalue weighted by Gasteiger charge is 2.09. The van der Waals surface area contributed by atoms with Gasteiger partial charge in [-0.15, -0.1) is 24.0 Å². The average Bonchev–Trinajstić information content (AvgIpc) is 3.17. The van der Waals surface area contributed by atoms with Crippen molar-refractivity contribution in [3.05, 3.63) is 48.7 Å². The first kappa shape index (κ1) is 18.6. The number of nitrogens with zero attached hydrogens (tertiary/aromatic N) is 2. The predicted molar refractivity (Wildman–Crippen MR) is 97.5 cm³/mol. The lowest BCUT2D eigenvalue weighted by atomic mass is 10.3. The van der Waals surface area contributed by atoms with Crippen LogP contribution in [0.4, 0.5) is 0 Å². The van der Waals surface area contributed by atoms with E-state index in [2.05, 4.69) is 20.2 Å². The molecule has 0 spiro atoms. The number of aliphatic hydroxyl groups is 1. The molecule has 0 aliphatic carbocycles. The Morgan fingerprint density at radius 1 is 1.32 bits per heavy atom. The molecule has 2 rings (SSSR count). The van der Waals surface area contributed by atoms with Gasteiger partial charge in [-0.3, -0.25) is 4.99 Å². The van der Waals surface area contributed by atoms with E-state index in [0.29, 0.717) is 11.7 Å². The fourth-order valence-electron chi connectivity index (χ4n) is 1.91. The molecule has 0 aliphatic rings. The summed E-state index contributed by atoms with van der Waals surface area (Å²) in [7, 11) is 0. The molecule has 0 saturated heterocycles. The van der Waals surface area contributed by atoms with Crippen molar-refractivity contribution in [3.63, 3.8) is 0 Å². The normalized spacial score (nSPS) is 12.5. The van der Waals surface area contributed by atoms with Crippen LogP contribution in [0.25, 0.3) is 0 Å². The molecule has 0 fully saturated rings. The second-order valence-electron chi connectivity index (χ2n) is 4.60. The minimum absolute atomic E-state index is 0. The SMILES string of the molecule is CCNC(=NCC(O)c1ccco1)NCCn1cccc1.I. The van der Waals surface area contributed by atoms with Gasteiger partial charge in [0.2, 0.25) is 0 Å². The van der Waals surface area contributed by atoms with E-state index < -0.39 is 6.10 Å². The van der Waals surface area contributed by atoms with Crippen LogP contribution in [0.15, 0.2) is 52.3 Å². The monoisotopic (exact) mass is 418 g/mol. The van der Waals surface area contributed by atoms with Gasteiger partial charge in [-0.1, -0.05) is 0 Å². The molecule has 122 valence electrons. The number of aromatic nitrogens is 1. The Balaban J connectivity index is 0.00000242. The van der Waals surface area contributed by atoms with E-state index in [1.54, 1.807) is 18.4 Å². The summed E-state index contributed by atoms with van der Waals surface area (Å²) in [5.41, 5.74) is 0. The Labute approximate surface area is 147 Å². The molecule has 3 N–H and O–H groups in total. The van der Waals surface area contributed by atoms with Gasteiger partial charge in [0.15, 0.2) is 5.96 Å². The second-order valence-corrected chi connectivity index (χ2v) is 4.60. The fourth-order valence-corrected chi connectivity index (χ4v) is 1.91. The lowest BCUT2D eigenvalue weighted by Gasteiger charge is -2.12. The zero-order valence-electron chi connectivity index (χ0n) is 12.6. The van der Waals surface area contributed by atoms with E-state index in [1.807, 2.05) is 31.5 Å². The molecular weight excluding hydrogens is 395 g/mol. The quantitative estimate of drug-likeness (QED) is 0.365. The third-order valence-corrected chi connectivity index (χ3v) is 2.97. The van der Waals surface area contributed by atoms with Gasteiger partial charge < -0.3 is 24.7 Å². The minimum Gasteiger partial charge on any atom is -0.467 e. The maximum absolute atomic E-state index is 9.94. The lowest BCUT2D eigenvalue weighted by Crippen LogP contribution is -2.39. The largest absolute Gasteiger partial charge is 0.467 e. The Bertz CT molecular complexity index is 526. The van der Waals surface area contributed by atoms with E-state index in [0.717, 1.165) is 19.6 Å². The molecule has 1 unspecified atom stereocenters. The van der Waals surface area contributed by atoms with E-state index in [1.165, 1.54) is 0 Å². The van der Waals surface area contributed by atoms with Gasteiger partial charge in [0.25, 0.3) is 0 Å². The van der Waals surface area contributed by atoms with E-state index in [9.17, 15) is 5.11 Å². The van der Waals surface area contributed by atoms with Crippen molar-refractivity contribution < 1.29 is 9.52 Å². The molecule has 0 bridgehead atoms. The molecule has 2 aromatic heterocycles. The summed E-state index contributed by atoms with van der Waals surface area (Å²) in [4.78, 5) is 4.36. The van der Waals surface area contributed by atoms with Gasteiger partial charge in [0.05, 0.1) is 12.8 Å². The van der Waals surface area contributed by atoms with Gasteiger partial charge in [-0.2, -0.15) is 0 Å². The van der Waals surface area contributed by atoms with Crippen LogP contribution in [0.1, 0.15) is 18.8 Å². The number of nitrogens with one attached hydrogen (secondary N) is 2. The van der Waals surface area contributed by atoms with Crippen molar-refractivity contribution in [3.8, 4) is 0 Å². The number of aliphatic imine (C=N–C) groups is 1. The molecule has 0 amide bonds. The van der Waals surface area contributed by atoms with Crippen LogP contribution in [0, 0.1) is 0 Å². The first-order valence-corrected chi connectivity index (χ1v) is 7.14. The molecule has 2 heterocycles. The molecule has 7 heteroatoms. The summed E-state index contributed by atoms with van der Waals surface area (Å²) < 4.78 is 7.25. The third-order valence-electron chi connectivity index (χ3n) is 2.97. The Kier molecular flexibility index (Phi) is 8.68. The molecule has 0 aromatic carbocycles. The summed E-state index contributed by atoms with van der Waals surface area (Å²) in [5, 5.41) is 16.3. The molecule has 0 radical (unpaired) electrons. The van der Waals surface area contributed by atoms with Gasteiger partial charge in [-0.25, -0.2) is 0 Å². The van der Waals surface area contributed by atoms with Gasteiger partial charge in [0.1, 0.15) is 11.9 Å². The number of rotatable bonds is 7. The van der Waals surface area contributed by atoms with Gasteiger partial charge >= 0.3 is 0 Å². The highest BCUT2D eigenvalue weighted by molar-refractivity contribution is 14.0. The fraction of sp³-hybridized carbons (Fsp3) is 0.400. The first-order chi connectivity index (χ1) is 10.3. The van der Waals surface area contributed by atoms with Crippen molar-refractivity contribution in [2.75, 3.05) is 19.6 Å². The topological polar surface area (TPSA) is 74.7 Å². The maximum atomic E-state index is 9.94. The predicted octanol–water partition coefficient (Wildman–Crippen LogP) is 1.99. The highest BCUT2D eigenvalue weighted by atomic mass is 127. The van der Waals surface area contributed by atoms with Crippen LogP contribution in [-0.2, 0) is 6.54 Å². The second kappa shape index (κ2) is 10.3. The Morgan fingerprint density at radius 3 is 2.73 bits per heavy atom. The molecule has 22 heavy (non-hydrogen) atoms. The van der Waals surface area contributed by atoms with E-state index >= 15 is 0 Å². The van der Waals surface area contributed by atoms with Crippen LogP contribution >= 0.6 is 24.0 Å². The van der Waals surface area contributed by atoms with Crippen molar-refractivity contribution >= 4 is 29.9 Å². The minimum atomic E-state index is -0.722. The van der Waals surface area contributed by atoms with Gasteiger partial charge in [-0.05, 0) is 31.2 Å². The summed E-state index contributed by atoms with van der Waals surface area (Å²) >= 11 is 0. The summed E-state index contributed by atoms with van der Waals surface area (Å²) in [6.07, 6.45) is 4.86. The van der Waals surface area contributed by atoms with Crippen LogP contribution in [0.2, 0.25) is 0 Å². The van der Waals surface area contributed by atoms with Crippen molar-refractivity contribution in [1.29, 1.82) is 0 Å². The van der Waals surface area contributed by atoms with E-state index in [4.69, 9.17) is 4.42 Å². The number of guanidine groups is 1. The molecular formula is C15H23IN4O2. The zero-order valence-corrected chi connectivity index (χ0v) is 14.9. The highest BCUT2D eigenvalue weighted by Crippen LogP contribution is 2.12. The number of hydrogen-bond donors (Lipinski definition) is 3. The average molecular weight is 418 g/mol. The molecule has 1 atom stereocenters. The molecule has 0 saturated carbocycles. The van der Waals surface area contributed by atoms with E-state index in [-0.39, 0.29) is 30.5 Å². The van der Waals surface area contributed by atoms with Crippen LogP contribution < -0.4 is 10.6 Å². The molecule has 0 aliphatic heterocycles. The zero-order chi connectivity index (χ0) is 14.9. The number of halogens is 1. The summed E-state index contributed by atoms with van der Waals surface area (Å²) in [6.45, 7) is 4.65. The van der Waals surface area contributed by atoms with Gasteiger partial charge in [0, 0.05) is 32.0 Å². The lowest BCUT2D eigenvalue weighted by molar-refractivity contribution is 0.158. The Hall–Kier alpha value is -1.48. The van der Waals surface area contributed by atoms with Crippen molar-refractivity contribution in [2.24, 2.45) is 4.99 Å². The number of aliphatic hydroxyl groups excluding tert-OH is 1. The summed E-state index contributed by atoms with van der Waals surface area (Å²) in [6, 6.07) is 7.49. The standard InChI is InChI=1S/C15H22N4O2.HI/c1-2-16-15(17-7-10-19-8-3-4-9-19)18-12-13(20)14-6-5-11-21-14;/h3-6,8-9,11,13,20H,2,7,10,12H2,1H3,(H2,16,17,18);1H. The third kappa shape index (κ3) is 6.10. The van der Waals surface area contributed by atoms with Crippen molar-refractivity contribution in [1.82, 2.24) is 15.2 Å².